The fraction of sp³-hybridized carbons (Fsp3) is 0.100. The number of aromatic nitrogens is 2. The highest BCUT2D eigenvalue weighted by molar-refractivity contribution is 9.10. The molecular weight excluding hydrogens is 314 g/mol. The first kappa shape index (κ1) is 12.6. The summed E-state index contributed by atoms with van der Waals surface area (Å²) in [5.74, 6) is -1.41. The molecule has 94 valence electrons. The van der Waals surface area contributed by atoms with Crippen LogP contribution in [0.1, 0.15) is 22.5 Å². The molecule has 0 spiro atoms. The lowest BCUT2D eigenvalue weighted by Crippen LogP contribution is -2.15. The Balaban J connectivity index is 3.02. The number of nitrogens with zero attached hydrogens (tertiary/aromatic N) is 1. The van der Waals surface area contributed by atoms with Crippen LogP contribution in [0.2, 0.25) is 0 Å². The van der Waals surface area contributed by atoms with Gasteiger partial charge in [-0.15, -0.1) is 0 Å². The number of hydrogen-bond donors (Lipinski definition) is 2. The first-order valence-corrected chi connectivity index (χ1v) is 5.44. The Hall–Kier alpha value is -1.83. The highest BCUT2D eigenvalue weighted by atomic mass is 79.9. The molecule has 2 aromatic rings. The van der Waals surface area contributed by atoms with Crippen molar-refractivity contribution in [3.05, 3.63) is 38.2 Å². The molecule has 0 unspecified atom stereocenters. The fourth-order valence-corrected chi connectivity index (χ4v) is 2.10. The van der Waals surface area contributed by atoms with Crippen LogP contribution in [0.3, 0.4) is 0 Å². The Bertz CT molecular complexity index is 699. The minimum absolute atomic E-state index is 0.129. The predicted molar refractivity (Wildman–Crippen MR) is 62.0 cm³/mol. The molecule has 0 saturated carbocycles. The third-order valence-electron chi connectivity index (χ3n) is 2.32. The van der Waals surface area contributed by atoms with Gasteiger partial charge in [-0.3, -0.25) is 4.79 Å². The van der Waals surface area contributed by atoms with Crippen LogP contribution < -0.4 is 5.56 Å². The standard InChI is InChI=1S/C10H5BrF2N2O3/c11-3-1-4-6(5(2-3)8(12)13)9(16)15-14-7(4)10(17)18/h1-2,8H,(H,15,16)(H,17,18). The maximum Gasteiger partial charge on any atom is 0.356 e. The molecule has 0 radical (unpaired) electrons. The van der Waals surface area contributed by atoms with E-state index >= 15 is 0 Å². The molecule has 0 aliphatic rings. The van der Waals surface area contributed by atoms with E-state index in [9.17, 15) is 18.4 Å². The molecule has 0 aliphatic carbocycles. The van der Waals surface area contributed by atoms with Gasteiger partial charge in [-0.1, -0.05) is 15.9 Å². The van der Waals surface area contributed by atoms with Crippen molar-refractivity contribution in [1.82, 2.24) is 10.2 Å². The number of aromatic amines is 1. The summed E-state index contributed by atoms with van der Waals surface area (Å²) in [7, 11) is 0. The van der Waals surface area contributed by atoms with Crippen molar-refractivity contribution in [2.45, 2.75) is 6.43 Å². The van der Waals surface area contributed by atoms with Gasteiger partial charge in [0.2, 0.25) is 0 Å². The Labute approximate surface area is 107 Å². The Morgan fingerprint density at radius 2 is 2.11 bits per heavy atom. The first-order valence-electron chi connectivity index (χ1n) is 4.65. The largest absolute Gasteiger partial charge is 0.476 e. The zero-order valence-electron chi connectivity index (χ0n) is 8.58. The maximum atomic E-state index is 12.8. The van der Waals surface area contributed by atoms with Gasteiger partial charge < -0.3 is 5.11 Å². The van der Waals surface area contributed by atoms with Crippen LogP contribution in [0, 0.1) is 0 Å². The summed E-state index contributed by atoms with van der Waals surface area (Å²) in [6, 6.07) is 2.35. The van der Waals surface area contributed by atoms with E-state index in [-0.39, 0.29) is 15.2 Å². The van der Waals surface area contributed by atoms with Crippen molar-refractivity contribution in [2.75, 3.05) is 0 Å². The Morgan fingerprint density at radius 1 is 1.44 bits per heavy atom. The summed E-state index contributed by atoms with van der Waals surface area (Å²) in [5, 5.41) is 13.7. The van der Waals surface area contributed by atoms with Crippen molar-refractivity contribution in [3.63, 3.8) is 0 Å². The Kier molecular flexibility index (Phi) is 3.12. The molecule has 2 N–H and O–H groups in total. The van der Waals surface area contributed by atoms with E-state index < -0.39 is 29.2 Å². The lowest BCUT2D eigenvalue weighted by Gasteiger charge is -2.07. The number of aromatic carboxylic acids is 1. The smallest absolute Gasteiger partial charge is 0.356 e. The highest BCUT2D eigenvalue weighted by Gasteiger charge is 2.20. The molecule has 8 heteroatoms. The molecule has 0 atom stereocenters. The monoisotopic (exact) mass is 318 g/mol. The zero-order valence-corrected chi connectivity index (χ0v) is 10.2. The lowest BCUT2D eigenvalue weighted by atomic mass is 10.1. The van der Waals surface area contributed by atoms with Crippen LogP contribution in [-0.4, -0.2) is 21.3 Å². The number of carboxylic acids is 1. The van der Waals surface area contributed by atoms with Crippen molar-refractivity contribution >= 4 is 32.7 Å². The number of alkyl halides is 2. The van der Waals surface area contributed by atoms with Crippen molar-refractivity contribution in [2.24, 2.45) is 0 Å². The number of carbonyl (C=O) groups is 1. The van der Waals surface area contributed by atoms with Gasteiger partial charge in [0, 0.05) is 15.4 Å². The molecule has 0 bridgehead atoms. The minimum atomic E-state index is -2.89. The third-order valence-corrected chi connectivity index (χ3v) is 2.78. The summed E-state index contributed by atoms with van der Waals surface area (Å²) in [5.41, 5.74) is -1.86. The van der Waals surface area contributed by atoms with Crippen molar-refractivity contribution in [1.29, 1.82) is 0 Å². The van der Waals surface area contributed by atoms with Gasteiger partial charge >= 0.3 is 5.97 Å². The van der Waals surface area contributed by atoms with E-state index in [2.05, 4.69) is 21.0 Å². The van der Waals surface area contributed by atoms with Crippen LogP contribution in [0.25, 0.3) is 10.8 Å². The number of fused-ring (bicyclic) bond motifs is 1. The van der Waals surface area contributed by atoms with Gasteiger partial charge in [0.05, 0.1) is 5.39 Å². The summed E-state index contributed by atoms with van der Waals surface area (Å²) >= 11 is 2.99. The second kappa shape index (κ2) is 4.45. The summed E-state index contributed by atoms with van der Waals surface area (Å²) in [4.78, 5) is 22.5. The molecule has 1 aromatic carbocycles. The molecular formula is C10H5BrF2N2O3. The van der Waals surface area contributed by atoms with E-state index in [4.69, 9.17) is 5.11 Å². The molecule has 18 heavy (non-hydrogen) atoms. The zero-order chi connectivity index (χ0) is 13.4. The molecule has 0 saturated heterocycles. The number of rotatable bonds is 2. The first-order chi connectivity index (χ1) is 8.41. The Morgan fingerprint density at radius 3 is 2.67 bits per heavy atom. The molecule has 5 nitrogen and oxygen atoms in total. The normalized spacial score (nSPS) is 11.1. The van der Waals surface area contributed by atoms with Gasteiger partial charge in [0.15, 0.2) is 5.69 Å². The topological polar surface area (TPSA) is 83.0 Å². The van der Waals surface area contributed by atoms with Gasteiger partial charge in [-0.05, 0) is 12.1 Å². The van der Waals surface area contributed by atoms with Gasteiger partial charge in [0.1, 0.15) is 0 Å². The molecule has 1 aromatic heterocycles. The fourth-order valence-electron chi connectivity index (χ4n) is 1.63. The molecule has 0 aliphatic heterocycles. The van der Waals surface area contributed by atoms with Crippen LogP contribution in [-0.2, 0) is 0 Å². The number of carboxylic acid groups (broad SMARTS) is 1. The quantitative estimate of drug-likeness (QED) is 0.890. The average molecular weight is 319 g/mol. The summed E-state index contributed by atoms with van der Waals surface area (Å²) in [6.07, 6.45) is -2.89. The van der Waals surface area contributed by atoms with E-state index in [1.165, 1.54) is 6.07 Å². The summed E-state index contributed by atoms with van der Waals surface area (Å²) < 4.78 is 25.9. The SMILES string of the molecule is O=C(O)c1n[nH]c(=O)c2c(C(F)F)cc(Br)cc12. The van der Waals surface area contributed by atoms with E-state index in [0.29, 0.717) is 0 Å². The van der Waals surface area contributed by atoms with Gasteiger partial charge in [0.25, 0.3) is 12.0 Å². The highest BCUT2D eigenvalue weighted by Crippen LogP contribution is 2.30. The molecule has 1 heterocycles. The van der Waals surface area contributed by atoms with Gasteiger partial charge in [-0.25, -0.2) is 18.7 Å². The maximum absolute atomic E-state index is 12.8. The van der Waals surface area contributed by atoms with E-state index in [1.54, 1.807) is 0 Å². The number of nitrogens with one attached hydrogen (secondary N) is 1. The second-order valence-corrected chi connectivity index (χ2v) is 4.34. The van der Waals surface area contributed by atoms with Crippen LogP contribution in [0.4, 0.5) is 8.78 Å². The van der Waals surface area contributed by atoms with Gasteiger partial charge in [-0.2, -0.15) is 5.10 Å². The number of benzene rings is 1. The average Bonchev–Trinajstić information content (AvgIpc) is 2.27. The van der Waals surface area contributed by atoms with Crippen LogP contribution >= 0.6 is 15.9 Å². The van der Waals surface area contributed by atoms with Crippen molar-refractivity contribution < 1.29 is 18.7 Å². The number of hydrogen-bond acceptors (Lipinski definition) is 3. The van der Waals surface area contributed by atoms with E-state index in [0.717, 1.165) is 6.07 Å². The predicted octanol–water partition coefficient (Wildman–Crippen LogP) is 2.32. The summed E-state index contributed by atoms with van der Waals surface area (Å²) in [6.45, 7) is 0. The second-order valence-electron chi connectivity index (χ2n) is 3.42. The van der Waals surface area contributed by atoms with Crippen LogP contribution in [0.15, 0.2) is 21.4 Å². The van der Waals surface area contributed by atoms with Crippen molar-refractivity contribution in [3.8, 4) is 0 Å². The van der Waals surface area contributed by atoms with E-state index in [1.807, 2.05) is 5.10 Å². The molecule has 0 amide bonds. The third kappa shape index (κ3) is 1.99. The van der Waals surface area contributed by atoms with Crippen LogP contribution in [0.5, 0.6) is 0 Å². The molecule has 2 rings (SSSR count). The minimum Gasteiger partial charge on any atom is -0.476 e. The lowest BCUT2D eigenvalue weighted by molar-refractivity contribution is 0.0691. The molecule has 0 fully saturated rings. The number of halogens is 3. The number of H-pyrrole nitrogens is 1.